The van der Waals surface area contributed by atoms with Crippen molar-refractivity contribution in [2.75, 3.05) is 6.54 Å². The zero-order chi connectivity index (χ0) is 13.1. The van der Waals surface area contributed by atoms with Crippen LogP contribution in [-0.4, -0.2) is 26.8 Å². The molecular weight excluding hydrogens is 296 g/mol. The Hall–Kier alpha value is -1.56. The maximum Gasteiger partial charge on any atom is 0.267 e. The molecule has 2 aromatic rings. The van der Waals surface area contributed by atoms with Gasteiger partial charge in [-0.05, 0) is 28.1 Å². The number of carbonyl (C=O) groups is 1. The average Bonchev–Trinajstić information content (AvgIpc) is 2.85. The predicted octanol–water partition coefficient (Wildman–Crippen LogP) is 1.49. The zero-order valence-corrected chi connectivity index (χ0v) is 11.9. The minimum absolute atomic E-state index is 0.0702. The summed E-state index contributed by atoms with van der Waals surface area (Å²) < 4.78 is 4.45. The fraction of sp³-hybridized carbons (Fsp3) is 0.333. The third-order valence-corrected chi connectivity index (χ3v) is 3.07. The molecule has 0 bridgehead atoms. The summed E-state index contributed by atoms with van der Waals surface area (Å²) in [7, 11) is 3.72. The molecule has 5 nitrogen and oxygen atoms in total. The second-order valence-electron chi connectivity index (χ2n) is 4.14. The average molecular weight is 311 g/mol. The van der Waals surface area contributed by atoms with Gasteiger partial charge in [-0.25, -0.2) is 0 Å². The van der Waals surface area contributed by atoms with E-state index < -0.39 is 0 Å². The number of nitrogens with zero attached hydrogens (tertiary/aromatic N) is 3. The summed E-state index contributed by atoms with van der Waals surface area (Å²) >= 11 is 3.35. The molecule has 2 rings (SSSR count). The quantitative estimate of drug-likeness (QED) is 0.930. The SMILES string of the molecule is Cn1ccc(CCNC(=O)c2cc(Br)cn2C)n1. The van der Waals surface area contributed by atoms with Crippen LogP contribution in [0.3, 0.4) is 0 Å². The number of aryl methyl sites for hydroxylation is 2. The number of nitrogens with one attached hydrogen (secondary N) is 1. The van der Waals surface area contributed by atoms with E-state index in [0.717, 1.165) is 16.6 Å². The monoisotopic (exact) mass is 310 g/mol. The second-order valence-corrected chi connectivity index (χ2v) is 5.06. The van der Waals surface area contributed by atoms with Gasteiger partial charge in [-0.3, -0.25) is 9.48 Å². The van der Waals surface area contributed by atoms with Gasteiger partial charge in [-0.15, -0.1) is 0 Å². The van der Waals surface area contributed by atoms with E-state index in [1.54, 1.807) is 15.3 Å². The molecule has 1 N–H and O–H groups in total. The molecule has 0 fully saturated rings. The van der Waals surface area contributed by atoms with Gasteiger partial charge in [-0.2, -0.15) is 5.10 Å². The number of hydrogen-bond acceptors (Lipinski definition) is 2. The molecule has 0 spiro atoms. The molecule has 2 heterocycles. The van der Waals surface area contributed by atoms with Gasteiger partial charge in [0.25, 0.3) is 5.91 Å². The molecule has 6 heteroatoms. The summed E-state index contributed by atoms with van der Waals surface area (Å²) in [6.07, 6.45) is 4.48. The lowest BCUT2D eigenvalue weighted by Gasteiger charge is -2.04. The van der Waals surface area contributed by atoms with Gasteiger partial charge in [0.2, 0.25) is 0 Å². The molecule has 18 heavy (non-hydrogen) atoms. The Kier molecular flexibility index (Phi) is 3.86. The maximum absolute atomic E-state index is 11.9. The summed E-state index contributed by atoms with van der Waals surface area (Å²) in [5.41, 5.74) is 1.62. The highest BCUT2D eigenvalue weighted by Crippen LogP contribution is 2.13. The predicted molar refractivity (Wildman–Crippen MR) is 72.4 cm³/mol. The fourth-order valence-electron chi connectivity index (χ4n) is 1.74. The molecule has 1 amide bonds. The number of amides is 1. The van der Waals surface area contributed by atoms with Crippen LogP contribution in [0.2, 0.25) is 0 Å². The van der Waals surface area contributed by atoms with Crippen molar-refractivity contribution in [3.63, 3.8) is 0 Å². The van der Waals surface area contributed by atoms with Gasteiger partial charge in [0.15, 0.2) is 0 Å². The van der Waals surface area contributed by atoms with E-state index in [1.807, 2.05) is 32.6 Å². The van der Waals surface area contributed by atoms with Crippen molar-refractivity contribution >= 4 is 21.8 Å². The summed E-state index contributed by atoms with van der Waals surface area (Å²) in [6, 6.07) is 3.75. The van der Waals surface area contributed by atoms with Crippen LogP contribution in [0.25, 0.3) is 0 Å². The number of halogens is 1. The maximum atomic E-state index is 11.9. The highest BCUT2D eigenvalue weighted by molar-refractivity contribution is 9.10. The standard InChI is InChI=1S/C12H15BrN4O/c1-16-8-9(13)7-11(16)12(18)14-5-3-10-4-6-17(2)15-10/h4,6-8H,3,5H2,1-2H3,(H,14,18). The molecule has 0 radical (unpaired) electrons. The van der Waals surface area contributed by atoms with E-state index in [1.165, 1.54) is 0 Å². The molecule has 0 aliphatic heterocycles. The molecule has 0 aliphatic rings. The van der Waals surface area contributed by atoms with Crippen LogP contribution >= 0.6 is 15.9 Å². The van der Waals surface area contributed by atoms with Crippen molar-refractivity contribution in [3.05, 3.63) is 40.4 Å². The van der Waals surface area contributed by atoms with E-state index in [0.29, 0.717) is 12.2 Å². The highest BCUT2D eigenvalue weighted by atomic mass is 79.9. The minimum Gasteiger partial charge on any atom is -0.350 e. The fourth-order valence-corrected chi connectivity index (χ4v) is 2.27. The number of hydrogen-bond donors (Lipinski definition) is 1. The van der Waals surface area contributed by atoms with Crippen LogP contribution in [0, 0.1) is 0 Å². The molecule has 2 aromatic heterocycles. The van der Waals surface area contributed by atoms with Crippen molar-refractivity contribution < 1.29 is 4.79 Å². The third kappa shape index (κ3) is 3.01. The van der Waals surface area contributed by atoms with Crippen molar-refractivity contribution in [1.82, 2.24) is 19.7 Å². The van der Waals surface area contributed by atoms with Gasteiger partial charge in [-0.1, -0.05) is 0 Å². The number of rotatable bonds is 4. The van der Waals surface area contributed by atoms with Crippen molar-refractivity contribution in [2.24, 2.45) is 14.1 Å². The van der Waals surface area contributed by atoms with E-state index in [4.69, 9.17) is 0 Å². The lowest BCUT2D eigenvalue weighted by atomic mass is 10.3. The summed E-state index contributed by atoms with van der Waals surface area (Å²) in [6.45, 7) is 0.582. The lowest BCUT2D eigenvalue weighted by molar-refractivity contribution is 0.0946. The Morgan fingerprint density at radius 2 is 2.28 bits per heavy atom. The second kappa shape index (κ2) is 5.39. The van der Waals surface area contributed by atoms with Gasteiger partial charge < -0.3 is 9.88 Å². The molecular formula is C12H15BrN4O. The number of carbonyl (C=O) groups excluding carboxylic acids is 1. The molecule has 96 valence electrons. The highest BCUT2D eigenvalue weighted by Gasteiger charge is 2.10. The molecule has 0 unspecified atom stereocenters. The van der Waals surface area contributed by atoms with Crippen LogP contribution in [0.15, 0.2) is 29.0 Å². The van der Waals surface area contributed by atoms with Crippen LogP contribution in [0.5, 0.6) is 0 Å². The van der Waals surface area contributed by atoms with E-state index in [-0.39, 0.29) is 5.91 Å². The third-order valence-electron chi connectivity index (χ3n) is 2.64. The first-order valence-electron chi connectivity index (χ1n) is 5.65. The van der Waals surface area contributed by atoms with Crippen molar-refractivity contribution in [3.8, 4) is 0 Å². The molecule has 0 aliphatic carbocycles. The molecule has 0 saturated carbocycles. The molecule has 0 aromatic carbocycles. The van der Waals surface area contributed by atoms with Crippen molar-refractivity contribution in [2.45, 2.75) is 6.42 Å². The Morgan fingerprint density at radius 3 is 2.83 bits per heavy atom. The van der Waals surface area contributed by atoms with Gasteiger partial charge in [0.05, 0.1) is 5.69 Å². The summed E-state index contributed by atoms with van der Waals surface area (Å²) in [5, 5.41) is 7.14. The van der Waals surface area contributed by atoms with E-state index in [9.17, 15) is 4.79 Å². The Balaban J connectivity index is 1.87. The van der Waals surface area contributed by atoms with Crippen molar-refractivity contribution in [1.29, 1.82) is 0 Å². The first-order chi connectivity index (χ1) is 8.56. The largest absolute Gasteiger partial charge is 0.350 e. The van der Waals surface area contributed by atoms with E-state index in [2.05, 4.69) is 26.3 Å². The van der Waals surface area contributed by atoms with E-state index >= 15 is 0 Å². The Bertz CT molecular complexity index is 558. The summed E-state index contributed by atoms with van der Waals surface area (Å²) in [5.74, 6) is -0.0702. The normalized spacial score (nSPS) is 10.6. The van der Waals surface area contributed by atoms with Crippen LogP contribution in [0.1, 0.15) is 16.2 Å². The van der Waals surface area contributed by atoms with Crippen LogP contribution in [0.4, 0.5) is 0 Å². The van der Waals surface area contributed by atoms with Crippen LogP contribution in [-0.2, 0) is 20.5 Å². The van der Waals surface area contributed by atoms with Gasteiger partial charge in [0.1, 0.15) is 5.69 Å². The first kappa shape index (κ1) is 12.9. The Labute approximate surface area is 114 Å². The smallest absolute Gasteiger partial charge is 0.267 e. The van der Waals surface area contributed by atoms with Crippen LogP contribution < -0.4 is 5.32 Å². The lowest BCUT2D eigenvalue weighted by Crippen LogP contribution is -2.27. The van der Waals surface area contributed by atoms with Gasteiger partial charge in [0, 0.05) is 43.9 Å². The molecule has 0 atom stereocenters. The molecule has 0 saturated heterocycles. The zero-order valence-electron chi connectivity index (χ0n) is 10.4. The van der Waals surface area contributed by atoms with Gasteiger partial charge >= 0.3 is 0 Å². The minimum atomic E-state index is -0.0702. The topological polar surface area (TPSA) is 51.9 Å². The Morgan fingerprint density at radius 1 is 1.50 bits per heavy atom. The number of aromatic nitrogens is 3. The first-order valence-corrected chi connectivity index (χ1v) is 6.44. The summed E-state index contributed by atoms with van der Waals surface area (Å²) in [4.78, 5) is 11.9.